The van der Waals surface area contributed by atoms with E-state index in [4.69, 9.17) is 5.11 Å². The number of carbonyl (C=O) groups is 2. The van der Waals surface area contributed by atoms with Crippen LogP contribution in [0, 0.1) is 11.8 Å². The molecule has 1 aromatic heterocycles. The zero-order valence-corrected chi connectivity index (χ0v) is 11.3. The summed E-state index contributed by atoms with van der Waals surface area (Å²) in [4.78, 5) is 22.7. The Bertz CT molecular complexity index is 667. The standard InChI is InChI=1S/C15H15N3O3/c19-14(12-8-13(12)15(20)21)17-11-4-1-3-10(7-11)9-18-6-2-5-16-18/h1-7,12-13H,8-9H2,(H,17,19)(H,20,21). The zero-order valence-electron chi connectivity index (χ0n) is 11.3. The minimum Gasteiger partial charge on any atom is -0.481 e. The summed E-state index contributed by atoms with van der Waals surface area (Å²) in [6.07, 6.45) is 4.01. The van der Waals surface area contributed by atoms with Crippen molar-refractivity contribution in [3.63, 3.8) is 0 Å². The summed E-state index contributed by atoms with van der Waals surface area (Å²) in [5.41, 5.74) is 1.70. The third-order valence-electron chi connectivity index (χ3n) is 3.54. The molecule has 2 aromatic rings. The molecular weight excluding hydrogens is 270 g/mol. The van der Waals surface area contributed by atoms with Gasteiger partial charge in [0.15, 0.2) is 0 Å². The lowest BCUT2D eigenvalue weighted by atomic mass is 10.2. The first-order valence-electron chi connectivity index (χ1n) is 6.73. The van der Waals surface area contributed by atoms with Gasteiger partial charge in [-0.15, -0.1) is 0 Å². The molecule has 1 heterocycles. The Balaban J connectivity index is 1.64. The maximum atomic E-state index is 11.9. The molecule has 0 bridgehead atoms. The number of carboxylic acid groups (broad SMARTS) is 1. The monoisotopic (exact) mass is 285 g/mol. The third kappa shape index (κ3) is 3.10. The largest absolute Gasteiger partial charge is 0.481 e. The Morgan fingerprint density at radius 2 is 2.19 bits per heavy atom. The Labute approximate surface area is 121 Å². The van der Waals surface area contributed by atoms with Gasteiger partial charge >= 0.3 is 5.97 Å². The molecule has 21 heavy (non-hydrogen) atoms. The number of aromatic nitrogens is 2. The molecule has 6 heteroatoms. The van der Waals surface area contributed by atoms with Crippen molar-refractivity contribution in [3.05, 3.63) is 48.3 Å². The van der Waals surface area contributed by atoms with Crippen LogP contribution in [0.15, 0.2) is 42.7 Å². The van der Waals surface area contributed by atoms with Crippen LogP contribution in [0.3, 0.4) is 0 Å². The van der Waals surface area contributed by atoms with Gasteiger partial charge in [0.2, 0.25) is 5.91 Å². The second-order valence-electron chi connectivity index (χ2n) is 5.18. The number of rotatable bonds is 5. The van der Waals surface area contributed by atoms with Crippen LogP contribution in [0.1, 0.15) is 12.0 Å². The quantitative estimate of drug-likeness (QED) is 0.873. The SMILES string of the molecule is O=C(O)C1CC1C(=O)Nc1cccc(Cn2cccn2)c1. The number of amides is 1. The highest BCUT2D eigenvalue weighted by atomic mass is 16.4. The van der Waals surface area contributed by atoms with Gasteiger partial charge in [-0.2, -0.15) is 5.10 Å². The van der Waals surface area contributed by atoms with Crippen molar-refractivity contribution in [2.24, 2.45) is 11.8 Å². The van der Waals surface area contributed by atoms with Gasteiger partial charge in [-0.1, -0.05) is 12.1 Å². The third-order valence-corrected chi connectivity index (χ3v) is 3.54. The molecule has 2 unspecified atom stereocenters. The highest BCUT2D eigenvalue weighted by Crippen LogP contribution is 2.39. The predicted molar refractivity (Wildman–Crippen MR) is 75.6 cm³/mol. The van der Waals surface area contributed by atoms with Crippen molar-refractivity contribution >= 4 is 17.6 Å². The van der Waals surface area contributed by atoms with Crippen LogP contribution in [-0.2, 0) is 16.1 Å². The summed E-state index contributed by atoms with van der Waals surface area (Å²) < 4.78 is 1.79. The van der Waals surface area contributed by atoms with E-state index in [2.05, 4.69) is 10.4 Å². The van der Waals surface area contributed by atoms with E-state index in [1.54, 1.807) is 16.9 Å². The van der Waals surface area contributed by atoms with E-state index in [0.29, 0.717) is 18.7 Å². The minimum atomic E-state index is -0.900. The molecule has 3 rings (SSSR count). The summed E-state index contributed by atoms with van der Waals surface area (Å²) in [7, 11) is 0. The predicted octanol–water partition coefficient (Wildman–Crippen LogP) is 1.59. The first-order valence-corrected chi connectivity index (χ1v) is 6.73. The van der Waals surface area contributed by atoms with E-state index in [9.17, 15) is 9.59 Å². The van der Waals surface area contributed by atoms with Crippen LogP contribution in [0.25, 0.3) is 0 Å². The Morgan fingerprint density at radius 1 is 1.33 bits per heavy atom. The van der Waals surface area contributed by atoms with Crippen LogP contribution in [0.5, 0.6) is 0 Å². The molecule has 108 valence electrons. The van der Waals surface area contributed by atoms with Crippen molar-refractivity contribution in [1.29, 1.82) is 0 Å². The molecule has 0 radical (unpaired) electrons. The van der Waals surface area contributed by atoms with E-state index in [1.165, 1.54) is 0 Å². The second kappa shape index (κ2) is 5.40. The number of benzene rings is 1. The lowest BCUT2D eigenvalue weighted by Gasteiger charge is -2.07. The first-order chi connectivity index (χ1) is 10.1. The number of hydrogen-bond donors (Lipinski definition) is 2. The average molecular weight is 285 g/mol. The van der Waals surface area contributed by atoms with Crippen molar-refractivity contribution in [2.45, 2.75) is 13.0 Å². The molecule has 2 atom stereocenters. The van der Waals surface area contributed by atoms with Gasteiger partial charge in [0.05, 0.1) is 18.4 Å². The summed E-state index contributed by atoms with van der Waals surface area (Å²) in [6.45, 7) is 0.623. The fraction of sp³-hybridized carbons (Fsp3) is 0.267. The molecule has 0 saturated heterocycles. The van der Waals surface area contributed by atoms with E-state index in [1.807, 2.05) is 30.5 Å². The second-order valence-corrected chi connectivity index (χ2v) is 5.18. The number of anilines is 1. The Hall–Kier alpha value is -2.63. The minimum absolute atomic E-state index is 0.223. The Morgan fingerprint density at radius 3 is 2.86 bits per heavy atom. The molecule has 6 nitrogen and oxygen atoms in total. The van der Waals surface area contributed by atoms with Gasteiger partial charge in [-0.05, 0) is 30.2 Å². The van der Waals surface area contributed by atoms with Gasteiger partial charge in [-0.3, -0.25) is 14.3 Å². The van der Waals surface area contributed by atoms with Crippen LogP contribution in [-0.4, -0.2) is 26.8 Å². The highest BCUT2D eigenvalue weighted by Gasteiger charge is 2.48. The maximum Gasteiger partial charge on any atom is 0.307 e. The topological polar surface area (TPSA) is 84.2 Å². The molecule has 2 N–H and O–H groups in total. The molecule has 1 amide bonds. The van der Waals surface area contributed by atoms with Gasteiger partial charge in [0, 0.05) is 18.1 Å². The molecule has 1 saturated carbocycles. The molecule has 0 aliphatic heterocycles. The number of nitrogens with zero attached hydrogens (tertiary/aromatic N) is 2. The highest BCUT2D eigenvalue weighted by molar-refractivity contribution is 5.98. The summed E-state index contributed by atoms with van der Waals surface area (Å²) in [5.74, 6) is -2.06. The van der Waals surface area contributed by atoms with Gasteiger partial charge < -0.3 is 10.4 Å². The number of carboxylic acids is 1. The molecule has 1 aromatic carbocycles. The van der Waals surface area contributed by atoms with E-state index < -0.39 is 17.8 Å². The van der Waals surface area contributed by atoms with Crippen LogP contribution in [0.4, 0.5) is 5.69 Å². The molecule has 1 aliphatic carbocycles. The first kappa shape index (κ1) is 13.4. The lowest BCUT2D eigenvalue weighted by Crippen LogP contribution is -2.17. The van der Waals surface area contributed by atoms with Gasteiger partial charge in [0.25, 0.3) is 0 Å². The van der Waals surface area contributed by atoms with Crippen LogP contribution < -0.4 is 5.32 Å². The van der Waals surface area contributed by atoms with Crippen LogP contribution >= 0.6 is 0 Å². The fourth-order valence-corrected chi connectivity index (χ4v) is 2.32. The van der Waals surface area contributed by atoms with E-state index in [-0.39, 0.29) is 5.91 Å². The molecular formula is C15H15N3O3. The fourth-order valence-electron chi connectivity index (χ4n) is 2.32. The van der Waals surface area contributed by atoms with Crippen molar-refractivity contribution < 1.29 is 14.7 Å². The summed E-state index contributed by atoms with van der Waals surface area (Å²) in [6, 6.07) is 9.33. The molecule has 1 aliphatic rings. The van der Waals surface area contributed by atoms with E-state index >= 15 is 0 Å². The lowest BCUT2D eigenvalue weighted by molar-refractivity contribution is -0.139. The molecule has 0 spiro atoms. The van der Waals surface area contributed by atoms with Gasteiger partial charge in [0.1, 0.15) is 0 Å². The van der Waals surface area contributed by atoms with Gasteiger partial charge in [-0.25, -0.2) is 0 Å². The number of carbonyl (C=O) groups excluding carboxylic acids is 1. The Kier molecular flexibility index (Phi) is 3.43. The van der Waals surface area contributed by atoms with Crippen molar-refractivity contribution in [3.8, 4) is 0 Å². The summed E-state index contributed by atoms with van der Waals surface area (Å²) >= 11 is 0. The average Bonchev–Trinajstić information content (AvgIpc) is 3.11. The zero-order chi connectivity index (χ0) is 14.8. The van der Waals surface area contributed by atoms with Crippen molar-refractivity contribution in [1.82, 2.24) is 9.78 Å². The van der Waals surface area contributed by atoms with Crippen molar-refractivity contribution in [2.75, 3.05) is 5.32 Å². The maximum absolute atomic E-state index is 11.9. The summed E-state index contributed by atoms with van der Waals surface area (Å²) in [5, 5.41) is 15.7. The smallest absolute Gasteiger partial charge is 0.307 e. The normalized spacial score (nSPS) is 20.0. The number of hydrogen-bond acceptors (Lipinski definition) is 3. The number of aliphatic carboxylic acids is 1. The van der Waals surface area contributed by atoms with E-state index in [0.717, 1.165) is 5.56 Å². The molecule has 1 fully saturated rings. The van der Waals surface area contributed by atoms with Crippen LogP contribution in [0.2, 0.25) is 0 Å². The number of nitrogens with one attached hydrogen (secondary N) is 1.